The summed E-state index contributed by atoms with van der Waals surface area (Å²) in [6, 6.07) is 10.5. The van der Waals surface area contributed by atoms with Crippen molar-refractivity contribution >= 4 is 22.2 Å². The van der Waals surface area contributed by atoms with Crippen LogP contribution >= 0.6 is 0 Å². The number of imidazole rings is 1. The Bertz CT molecular complexity index is 994. The largest absolute Gasteiger partial charge is 0.417 e. The molecule has 0 saturated heterocycles. The Kier molecular flexibility index (Phi) is 1.67. The van der Waals surface area contributed by atoms with E-state index in [-0.39, 0.29) is 0 Å². The van der Waals surface area contributed by atoms with E-state index < -0.39 is 0 Å². The molecule has 0 radical (unpaired) electrons. The fourth-order valence-electron chi connectivity index (χ4n) is 3.33. The SMILES string of the molecule is Cn1c2[n+](c3oc4cnccc4c31)Cc1ccccc1-2. The van der Waals surface area contributed by atoms with Crippen molar-refractivity contribution in [3.8, 4) is 11.4 Å². The summed E-state index contributed by atoms with van der Waals surface area (Å²) < 4.78 is 10.5. The van der Waals surface area contributed by atoms with E-state index in [9.17, 15) is 0 Å². The first-order valence-corrected chi connectivity index (χ1v) is 6.67. The van der Waals surface area contributed by atoms with Gasteiger partial charge in [0.15, 0.2) is 5.58 Å². The molecule has 0 atom stereocenters. The number of furan rings is 1. The maximum atomic E-state index is 6.03. The van der Waals surface area contributed by atoms with Gasteiger partial charge in [-0.25, -0.2) is 4.57 Å². The van der Waals surface area contributed by atoms with Crippen molar-refractivity contribution in [3.05, 3.63) is 48.3 Å². The topological polar surface area (TPSA) is 34.8 Å². The molecule has 4 heterocycles. The minimum atomic E-state index is 0.847. The molecule has 3 aromatic heterocycles. The average Bonchev–Trinajstić information content (AvgIpc) is 3.10. The molecule has 0 fully saturated rings. The quantitative estimate of drug-likeness (QED) is 0.402. The molecule has 0 aliphatic carbocycles. The molecule has 1 aliphatic rings. The third-order valence-corrected chi connectivity index (χ3v) is 4.19. The fourth-order valence-corrected chi connectivity index (χ4v) is 3.33. The highest BCUT2D eigenvalue weighted by atomic mass is 16.3. The molecule has 0 saturated carbocycles. The smallest absolute Gasteiger partial charge is 0.339 e. The van der Waals surface area contributed by atoms with Gasteiger partial charge in [-0.1, -0.05) is 18.2 Å². The Morgan fingerprint density at radius 1 is 1.25 bits per heavy atom. The van der Waals surface area contributed by atoms with Gasteiger partial charge in [0.1, 0.15) is 6.54 Å². The zero-order valence-corrected chi connectivity index (χ0v) is 11.0. The molecule has 1 aromatic carbocycles. The molecule has 4 nitrogen and oxygen atoms in total. The lowest BCUT2D eigenvalue weighted by molar-refractivity contribution is -0.652. The Morgan fingerprint density at radius 3 is 3.10 bits per heavy atom. The average molecular weight is 262 g/mol. The summed E-state index contributed by atoms with van der Waals surface area (Å²) in [7, 11) is 2.10. The van der Waals surface area contributed by atoms with Crippen molar-refractivity contribution in [1.82, 2.24) is 9.55 Å². The van der Waals surface area contributed by atoms with Gasteiger partial charge in [-0.2, -0.15) is 4.57 Å². The number of pyridine rings is 1. The van der Waals surface area contributed by atoms with E-state index in [1.54, 1.807) is 6.20 Å². The van der Waals surface area contributed by atoms with Crippen LogP contribution in [-0.4, -0.2) is 9.55 Å². The molecule has 5 rings (SSSR count). The van der Waals surface area contributed by atoms with Gasteiger partial charge >= 0.3 is 5.71 Å². The van der Waals surface area contributed by atoms with Crippen molar-refractivity contribution in [1.29, 1.82) is 0 Å². The Labute approximate surface area is 114 Å². The van der Waals surface area contributed by atoms with E-state index in [1.807, 2.05) is 12.3 Å². The second-order valence-electron chi connectivity index (χ2n) is 5.25. The highest BCUT2D eigenvalue weighted by Gasteiger charge is 2.35. The highest BCUT2D eigenvalue weighted by Crippen LogP contribution is 2.34. The summed E-state index contributed by atoms with van der Waals surface area (Å²) in [6.07, 6.45) is 3.60. The van der Waals surface area contributed by atoms with Crippen LogP contribution in [0.2, 0.25) is 0 Å². The molecule has 4 aromatic rings. The lowest BCUT2D eigenvalue weighted by atomic mass is 10.1. The molecular formula is C16H12N3O+. The number of rotatable bonds is 0. The van der Waals surface area contributed by atoms with E-state index in [2.05, 4.69) is 45.4 Å². The number of hydrogen-bond donors (Lipinski definition) is 0. The Balaban J connectivity index is 1.98. The second kappa shape index (κ2) is 3.28. The summed E-state index contributed by atoms with van der Waals surface area (Å²) >= 11 is 0. The Hall–Kier alpha value is -2.62. The van der Waals surface area contributed by atoms with Crippen LogP contribution in [0.25, 0.3) is 33.6 Å². The monoisotopic (exact) mass is 262 g/mol. The first-order valence-electron chi connectivity index (χ1n) is 6.67. The molecular weight excluding hydrogens is 250 g/mol. The van der Waals surface area contributed by atoms with Crippen LogP contribution < -0.4 is 4.57 Å². The van der Waals surface area contributed by atoms with Crippen LogP contribution in [-0.2, 0) is 13.6 Å². The highest BCUT2D eigenvalue weighted by molar-refractivity contribution is 6.01. The van der Waals surface area contributed by atoms with E-state index in [0.717, 1.165) is 28.7 Å². The predicted octanol–water partition coefficient (Wildman–Crippen LogP) is 2.64. The van der Waals surface area contributed by atoms with Crippen molar-refractivity contribution in [3.63, 3.8) is 0 Å². The summed E-state index contributed by atoms with van der Waals surface area (Å²) in [5, 5.41) is 1.12. The molecule has 20 heavy (non-hydrogen) atoms. The van der Waals surface area contributed by atoms with Gasteiger partial charge in [-0.05, 0) is 12.1 Å². The summed E-state index contributed by atoms with van der Waals surface area (Å²) in [5.74, 6) is 1.22. The Morgan fingerprint density at radius 2 is 2.15 bits per heavy atom. The molecule has 0 N–H and O–H groups in total. The standard InChI is InChI=1S/C16H12N3O/c1-18-14-12-6-7-17-8-13(12)20-16(14)19-9-10-4-2-3-5-11(10)15(18)19/h2-8H,9H2,1H3/q+1. The lowest BCUT2D eigenvalue weighted by Gasteiger charge is -1.94. The van der Waals surface area contributed by atoms with Crippen LogP contribution in [0.15, 0.2) is 47.1 Å². The maximum Gasteiger partial charge on any atom is 0.339 e. The lowest BCUT2D eigenvalue weighted by Crippen LogP contribution is -2.31. The summed E-state index contributed by atoms with van der Waals surface area (Å²) in [4.78, 5) is 4.14. The van der Waals surface area contributed by atoms with E-state index >= 15 is 0 Å². The van der Waals surface area contributed by atoms with Gasteiger partial charge in [-0.15, -0.1) is 0 Å². The minimum Gasteiger partial charge on any atom is -0.417 e. The second-order valence-corrected chi connectivity index (χ2v) is 5.25. The van der Waals surface area contributed by atoms with Gasteiger partial charge in [0.25, 0.3) is 5.82 Å². The third-order valence-electron chi connectivity index (χ3n) is 4.19. The zero-order valence-electron chi connectivity index (χ0n) is 11.0. The van der Waals surface area contributed by atoms with Crippen LogP contribution in [0.1, 0.15) is 5.56 Å². The zero-order chi connectivity index (χ0) is 13.3. The summed E-state index contributed by atoms with van der Waals surface area (Å²) in [5.41, 5.74) is 5.56. The first kappa shape index (κ1) is 10.2. The van der Waals surface area contributed by atoms with E-state index in [1.165, 1.54) is 17.0 Å². The van der Waals surface area contributed by atoms with Crippen molar-refractivity contribution in [2.24, 2.45) is 7.05 Å². The number of aryl methyl sites for hydroxylation is 1. The third kappa shape index (κ3) is 1.04. The molecule has 0 unspecified atom stereocenters. The van der Waals surface area contributed by atoms with Gasteiger partial charge < -0.3 is 4.42 Å². The molecule has 0 bridgehead atoms. The fraction of sp³-hybridized carbons (Fsp3) is 0.125. The predicted molar refractivity (Wildman–Crippen MR) is 75.2 cm³/mol. The van der Waals surface area contributed by atoms with Crippen LogP contribution in [0.4, 0.5) is 0 Å². The van der Waals surface area contributed by atoms with Crippen molar-refractivity contribution in [2.45, 2.75) is 6.54 Å². The number of aromatic nitrogens is 3. The summed E-state index contributed by atoms with van der Waals surface area (Å²) in [6.45, 7) is 0.871. The molecule has 1 aliphatic heterocycles. The minimum absolute atomic E-state index is 0.847. The van der Waals surface area contributed by atoms with Gasteiger partial charge in [0.2, 0.25) is 5.52 Å². The molecule has 4 heteroatoms. The van der Waals surface area contributed by atoms with Gasteiger partial charge in [0, 0.05) is 11.8 Å². The van der Waals surface area contributed by atoms with E-state index in [4.69, 9.17) is 4.42 Å². The first-order chi connectivity index (χ1) is 9.84. The molecule has 0 spiro atoms. The molecule has 0 amide bonds. The van der Waals surface area contributed by atoms with Crippen LogP contribution in [0.5, 0.6) is 0 Å². The van der Waals surface area contributed by atoms with Crippen LogP contribution in [0, 0.1) is 0 Å². The number of nitrogens with zero attached hydrogens (tertiary/aromatic N) is 3. The van der Waals surface area contributed by atoms with Crippen molar-refractivity contribution in [2.75, 3.05) is 0 Å². The van der Waals surface area contributed by atoms with Gasteiger partial charge in [0.05, 0.1) is 24.2 Å². The van der Waals surface area contributed by atoms with Gasteiger partial charge in [-0.3, -0.25) is 4.98 Å². The maximum absolute atomic E-state index is 6.03. The van der Waals surface area contributed by atoms with E-state index in [0.29, 0.717) is 0 Å². The number of benzene rings is 1. The van der Waals surface area contributed by atoms with Crippen molar-refractivity contribution < 1.29 is 8.98 Å². The number of hydrogen-bond acceptors (Lipinski definition) is 2. The normalized spacial score (nSPS) is 13.1. The molecule has 96 valence electrons. The van der Waals surface area contributed by atoms with Crippen LogP contribution in [0.3, 0.4) is 0 Å². The number of fused-ring (bicyclic) bond motifs is 7.